The van der Waals surface area contributed by atoms with Crippen LogP contribution in [-0.4, -0.2) is 18.3 Å². The average Bonchev–Trinajstić information content (AvgIpc) is 3.23. The van der Waals surface area contributed by atoms with E-state index < -0.39 is 23.7 Å². The van der Waals surface area contributed by atoms with Crippen LogP contribution in [0.1, 0.15) is 49.9 Å². The zero-order valence-corrected chi connectivity index (χ0v) is 24.0. The highest BCUT2D eigenvalue weighted by Gasteiger charge is 2.52. The van der Waals surface area contributed by atoms with E-state index >= 15 is 0 Å². The number of nitrogens with zero attached hydrogens (tertiary/aromatic N) is 1. The number of hydrogen-bond acceptors (Lipinski definition) is 3. The van der Waals surface area contributed by atoms with Gasteiger partial charge < -0.3 is 14.2 Å². The third-order valence-corrected chi connectivity index (χ3v) is 9.17. The molecule has 0 N–H and O–H groups in total. The zero-order chi connectivity index (χ0) is 28.2. The quantitative estimate of drug-likeness (QED) is 0.213. The SMILES string of the molecule is CC1(C)OB(c2cccc(N3c4ccccc4C(c4ccccc4)(c4ccccc4)c4ccccc43)c2)OC1(C)C. The minimum absolute atomic E-state index is 0.400. The molecule has 7 rings (SSSR count). The largest absolute Gasteiger partial charge is 0.494 e. The van der Waals surface area contributed by atoms with Crippen LogP contribution in [0, 0.1) is 0 Å². The van der Waals surface area contributed by atoms with Crippen molar-refractivity contribution in [1.82, 2.24) is 0 Å². The van der Waals surface area contributed by atoms with Gasteiger partial charge in [0.05, 0.1) is 28.0 Å². The molecule has 4 heteroatoms. The molecule has 5 aromatic rings. The predicted molar refractivity (Wildman–Crippen MR) is 169 cm³/mol. The Labute approximate surface area is 243 Å². The maximum absolute atomic E-state index is 6.44. The molecule has 41 heavy (non-hydrogen) atoms. The average molecular weight is 535 g/mol. The fourth-order valence-corrected chi connectivity index (χ4v) is 6.48. The van der Waals surface area contributed by atoms with E-state index in [9.17, 15) is 0 Å². The molecule has 5 aromatic carbocycles. The fraction of sp³-hybridized carbons (Fsp3) is 0.189. The van der Waals surface area contributed by atoms with Gasteiger partial charge in [-0.2, -0.15) is 0 Å². The van der Waals surface area contributed by atoms with E-state index in [1.165, 1.54) is 22.3 Å². The van der Waals surface area contributed by atoms with Gasteiger partial charge in [-0.25, -0.2) is 0 Å². The monoisotopic (exact) mass is 535 g/mol. The van der Waals surface area contributed by atoms with Crippen LogP contribution in [0.5, 0.6) is 0 Å². The Bertz CT molecular complexity index is 1610. The van der Waals surface area contributed by atoms with Gasteiger partial charge in [0.1, 0.15) is 0 Å². The second-order valence-electron chi connectivity index (χ2n) is 12.0. The predicted octanol–water partition coefficient (Wildman–Crippen LogP) is 8.15. The highest BCUT2D eigenvalue weighted by atomic mass is 16.7. The van der Waals surface area contributed by atoms with Gasteiger partial charge in [0.2, 0.25) is 0 Å². The Morgan fingerprint density at radius 1 is 0.512 bits per heavy atom. The fourth-order valence-electron chi connectivity index (χ4n) is 6.48. The summed E-state index contributed by atoms with van der Waals surface area (Å²) in [7, 11) is -0.428. The molecule has 2 aliphatic rings. The van der Waals surface area contributed by atoms with Crippen LogP contribution in [-0.2, 0) is 14.7 Å². The van der Waals surface area contributed by atoms with E-state index in [2.05, 4.69) is 166 Å². The van der Waals surface area contributed by atoms with Crippen molar-refractivity contribution >= 4 is 29.6 Å². The first kappa shape index (κ1) is 25.8. The van der Waals surface area contributed by atoms with Crippen LogP contribution in [0.25, 0.3) is 0 Å². The van der Waals surface area contributed by atoms with Crippen LogP contribution in [0.2, 0.25) is 0 Å². The lowest BCUT2D eigenvalue weighted by molar-refractivity contribution is 0.00578. The van der Waals surface area contributed by atoms with Crippen LogP contribution >= 0.6 is 0 Å². The first-order valence-electron chi connectivity index (χ1n) is 14.4. The normalized spacial score (nSPS) is 18.0. The Hall–Kier alpha value is -4.12. The van der Waals surface area contributed by atoms with Crippen LogP contribution in [0.3, 0.4) is 0 Å². The molecule has 0 unspecified atom stereocenters. The second kappa shape index (κ2) is 9.48. The number of para-hydroxylation sites is 2. The lowest BCUT2D eigenvalue weighted by Crippen LogP contribution is -2.41. The Morgan fingerprint density at radius 2 is 0.976 bits per heavy atom. The van der Waals surface area contributed by atoms with Crippen molar-refractivity contribution in [3.8, 4) is 0 Å². The summed E-state index contributed by atoms with van der Waals surface area (Å²) in [5.41, 5.74) is 8.12. The molecule has 0 saturated carbocycles. The van der Waals surface area contributed by atoms with Gasteiger partial charge in [0.15, 0.2) is 0 Å². The van der Waals surface area contributed by atoms with Gasteiger partial charge in [-0.15, -0.1) is 0 Å². The van der Waals surface area contributed by atoms with E-state index in [1.807, 2.05) is 0 Å². The van der Waals surface area contributed by atoms with Crippen molar-refractivity contribution in [1.29, 1.82) is 0 Å². The number of anilines is 3. The highest BCUT2D eigenvalue weighted by Crippen LogP contribution is 2.57. The maximum atomic E-state index is 6.44. The lowest BCUT2D eigenvalue weighted by atomic mass is 9.62. The molecular weight excluding hydrogens is 501 g/mol. The lowest BCUT2D eigenvalue weighted by Gasteiger charge is -2.46. The van der Waals surface area contributed by atoms with E-state index in [-0.39, 0.29) is 0 Å². The maximum Gasteiger partial charge on any atom is 0.494 e. The molecule has 0 bridgehead atoms. The Kier molecular flexibility index (Phi) is 5.97. The third-order valence-electron chi connectivity index (χ3n) is 9.17. The van der Waals surface area contributed by atoms with E-state index in [0.717, 1.165) is 22.5 Å². The molecule has 1 saturated heterocycles. The summed E-state index contributed by atoms with van der Waals surface area (Å²) in [5, 5.41) is 0. The van der Waals surface area contributed by atoms with Crippen molar-refractivity contribution in [2.75, 3.05) is 4.90 Å². The first-order chi connectivity index (χ1) is 19.8. The van der Waals surface area contributed by atoms with Crippen LogP contribution in [0.15, 0.2) is 133 Å². The molecule has 0 amide bonds. The van der Waals surface area contributed by atoms with Crippen molar-refractivity contribution in [2.24, 2.45) is 0 Å². The number of benzene rings is 5. The highest BCUT2D eigenvalue weighted by molar-refractivity contribution is 6.62. The van der Waals surface area contributed by atoms with Gasteiger partial charge in [-0.3, -0.25) is 0 Å². The molecule has 0 spiro atoms. The molecule has 2 heterocycles. The standard InChI is InChI=1S/C37H34BNO2/c1-35(2)36(3,4)41-38(40-35)29-20-15-21-30(26-29)39-33-24-13-11-22-31(33)37(27-16-7-5-8-17-27,28-18-9-6-10-19-28)32-23-12-14-25-34(32)39/h5-26H,1-4H3. The summed E-state index contributed by atoms with van der Waals surface area (Å²) in [6, 6.07) is 48.1. The first-order valence-corrected chi connectivity index (χ1v) is 14.4. The van der Waals surface area contributed by atoms with Crippen LogP contribution in [0.4, 0.5) is 17.1 Å². The minimum atomic E-state index is -0.477. The molecule has 1 fully saturated rings. The van der Waals surface area contributed by atoms with Crippen LogP contribution < -0.4 is 10.4 Å². The molecule has 3 nitrogen and oxygen atoms in total. The van der Waals surface area contributed by atoms with Crippen molar-refractivity contribution in [3.63, 3.8) is 0 Å². The summed E-state index contributed by atoms with van der Waals surface area (Å²) in [6.07, 6.45) is 0. The minimum Gasteiger partial charge on any atom is -0.399 e. The molecule has 2 aliphatic heterocycles. The van der Waals surface area contributed by atoms with Gasteiger partial charge in [0, 0.05) is 5.69 Å². The van der Waals surface area contributed by atoms with E-state index in [0.29, 0.717) is 0 Å². The van der Waals surface area contributed by atoms with Crippen molar-refractivity contribution < 1.29 is 9.31 Å². The second-order valence-corrected chi connectivity index (χ2v) is 12.0. The summed E-state index contributed by atoms with van der Waals surface area (Å²) in [4.78, 5) is 2.39. The van der Waals surface area contributed by atoms with Gasteiger partial charge in [0.25, 0.3) is 0 Å². The van der Waals surface area contributed by atoms with Gasteiger partial charge in [-0.1, -0.05) is 109 Å². The topological polar surface area (TPSA) is 21.7 Å². The van der Waals surface area contributed by atoms with E-state index in [1.54, 1.807) is 0 Å². The molecule has 0 atom stereocenters. The van der Waals surface area contributed by atoms with Gasteiger partial charge in [-0.05, 0) is 79.7 Å². The zero-order valence-electron chi connectivity index (χ0n) is 24.0. The Morgan fingerprint density at radius 3 is 1.49 bits per heavy atom. The molecule has 0 aromatic heterocycles. The molecule has 0 aliphatic carbocycles. The smallest absolute Gasteiger partial charge is 0.399 e. The Balaban J connectivity index is 1.47. The molecular formula is C37H34BNO2. The van der Waals surface area contributed by atoms with Crippen molar-refractivity contribution in [3.05, 3.63) is 156 Å². The van der Waals surface area contributed by atoms with Gasteiger partial charge >= 0.3 is 7.12 Å². The molecule has 202 valence electrons. The number of fused-ring (bicyclic) bond motifs is 2. The molecule has 0 radical (unpaired) electrons. The van der Waals surface area contributed by atoms with Crippen molar-refractivity contribution in [2.45, 2.75) is 44.3 Å². The summed E-state index contributed by atoms with van der Waals surface area (Å²) in [6.45, 7) is 8.39. The summed E-state index contributed by atoms with van der Waals surface area (Å²) < 4.78 is 12.9. The number of hydrogen-bond donors (Lipinski definition) is 0. The summed E-state index contributed by atoms with van der Waals surface area (Å²) >= 11 is 0. The third kappa shape index (κ3) is 3.89. The van der Waals surface area contributed by atoms with E-state index in [4.69, 9.17) is 9.31 Å². The summed E-state index contributed by atoms with van der Waals surface area (Å²) in [5.74, 6) is 0. The number of rotatable bonds is 4.